The third-order valence-electron chi connectivity index (χ3n) is 9.26. The van der Waals surface area contributed by atoms with Crippen molar-refractivity contribution < 1.29 is 14.3 Å². The van der Waals surface area contributed by atoms with Gasteiger partial charge in [-0.25, -0.2) is 0 Å². The van der Waals surface area contributed by atoms with Crippen molar-refractivity contribution in [3.8, 4) is 5.75 Å². The summed E-state index contributed by atoms with van der Waals surface area (Å²) < 4.78 is 5.54. The highest BCUT2D eigenvalue weighted by atomic mass is 16.5. The van der Waals surface area contributed by atoms with Gasteiger partial charge in [-0.1, -0.05) is 68.5 Å². The van der Waals surface area contributed by atoms with Crippen LogP contribution >= 0.6 is 0 Å². The van der Waals surface area contributed by atoms with E-state index in [0.29, 0.717) is 26.1 Å². The number of H-pyrrole nitrogens is 1. The second-order valence-electron chi connectivity index (χ2n) is 12.1. The molecule has 2 N–H and O–H groups in total. The van der Waals surface area contributed by atoms with Gasteiger partial charge in [0, 0.05) is 42.7 Å². The highest BCUT2D eigenvalue weighted by Gasteiger charge is 2.29. The molecular formula is C34H46N4O3. The van der Waals surface area contributed by atoms with E-state index in [1.807, 2.05) is 47.5 Å². The van der Waals surface area contributed by atoms with E-state index >= 15 is 0 Å². The Morgan fingerprint density at radius 1 is 0.976 bits per heavy atom. The van der Waals surface area contributed by atoms with Crippen molar-refractivity contribution >= 4 is 22.7 Å². The number of aromatic nitrogens is 1. The number of para-hydroxylation sites is 2. The summed E-state index contributed by atoms with van der Waals surface area (Å²) in [5, 5.41) is 4.47. The molecule has 1 aromatic heterocycles. The molecule has 41 heavy (non-hydrogen) atoms. The summed E-state index contributed by atoms with van der Waals surface area (Å²) in [6.45, 7) is 4.84. The first-order chi connectivity index (χ1) is 20.0. The molecule has 1 saturated carbocycles. The zero-order valence-electron chi connectivity index (χ0n) is 24.7. The lowest BCUT2D eigenvalue weighted by atomic mass is 9.76. The van der Waals surface area contributed by atoms with Crippen LogP contribution in [-0.2, 0) is 22.6 Å². The van der Waals surface area contributed by atoms with Crippen molar-refractivity contribution in [1.29, 1.82) is 0 Å². The molecule has 0 radical (unpaired) electrons. The number of hydrogen-bond acceptors (Lipinski definition) is 4. The van der Waals surface area contributed by atoms with Gasteiger partial charge in [0.2, 0.25) is 11.8 Å². The van der Waals surface area contributed by atoms with E-state index < -0.39 is 0 Å². The van der Waals surface area contributed by atoms with E-state index in [2.05, 4.69) is 27.3 Å². The van der Waals surface area contributed by atoms with E-state index in [9.17, 15) is 9.59 Å². The number of carbonyl (C=O) groups is 2. The van der Waals surface area contributed by atoms with Crippen LogP contribution in [0.4, 0.5) is 0 Å². The maximum atomic E-state index is 13.4. The molecule has 1 saturated heterocycles. The summed E-state index contributed by atoms with van der Waals surface area (Å²) >= 11 is 0. The molecule has 2 heterocycles. The predicted molar refractivity (Wildman–Crippen MR) is 164 cm³/mol. The van der Waals surface area contributed by atoms with Crippen molar-refractivity contribution in [3.63, 3.8) is 0 Å². The summed E-state index contributed by atoms with van der Waals surface area (Å²) in [7, 11) is 1.65. The first-order valence-electron chi connectivity index (χ1n) is 15.4. The molecule has 1 aliphatic carbocycles. The van der Waals surface area contributed by atoms with E-state index in [4.69, 9.17) is 4.74 Å². The van der Waals surface area contributed by atoms with Gasteiger partial charge < -0.3 is 19.9 Å². The number of fused-ring (bicyclic) bond motifs is 1. The molecule has 7 heteroatoms. The fourth-order valence-corrected chi connectivity index (χ4v) is 7.00. The van der Waals surface area contributed by atoms with Gasteiger partial charge in [-0.2, -0.15) is 0 Å². The third kappa shape index (κ3) is 7.70. The molecule has 2 aromatic carbocycles. The molecule has 2 aliphatic rings. The van der Waals surface area contributed by atoms with Crippen molar-refractivity contribution in [2.75, 3.05) is 33.3 Å². The smallest absolute Gasteiger partial charge is 0.234 e. The Hall–Kier alpha value is -3.32. The second-order valence-corrected chi connectivity index (χ2v) is 12.1. The molecule has 0 bridgehead atoms. The third-order valence-corrected chi connectivity index (χ3v) is 9.26. The highest BCUT2D eigenvalue weighted by molar-refractivity contribution is 5.83. The normalized spacial score (nSPS) is 17.8. The van der Waals surface area contributed by atoms with E-state index in [1.165, 1.54) is 44.9 Å². The average molecular weight is 559 g/mol. The summed E-state index contributed by atoms with van der Waals surface area (Å²) in [6.07, 6.45) is 12.0. The number of amides is 2. The Morgan fingerprint density at radius 2 is 1.68 bits per heavy atom. The number of benzene rings is 2. The van der Waals surface area contributed by atoms with E-state index in [1.54, 1.807) is 14.0 Å². The second kappa shape index (κ2) is 14.0. The van der Waals surface area contributed by atoms with Gasteiger partial charge in [-0.3, -0.25) is 14.5 Å². The monoisotopic (exact) mass is 558 g/mol. The first kappa shape index (κ1) is 29.2. The molecule has 1 atom stereocenters. The lowest BCUT2D eigenvalue weighted by Gasteiger charge is -2.37. The Bertz CT molecular complexity index is 1290. The van der Waals surface area contributed by atoms with Crippen molar-refractivity contribution in [2.24, 2.45) is 11.8 Å². The number of nitrogens with zero attached hydrogens (tertiary/aromatic N) is 2. The van der Waals surface area contributed by atoms with Gasteiger partial charge in [-0.05, 0) is 61.9 Å². The fraction of sp³-hybridized carbons (Fsp3) is 0.529. The average Bonchev–Trinajstić information content (AvgIpc) is 3.40. The zero-order chi connectivity index (χ0) is 28.6. The van der Waals surface area contributed by atoms with Gasteiger partial charge in [0.05, 0.1) is 19.7 Å². The molecule has 1 unspecified atom stereocenters. The molecule has 3 aromatic rings. The van der Waals surface area contributed by atoms with Gasteiger partial charge in [0.15, 0.2) is 0 Å². The number of nitrogens with one attached hydrogen (secondary N) is 2. The standard InChI is InChI=1S/C34H46N4O3/c1-25(39)38(22-28-12-6-9-15-33(28)41-2)23-30(20-29-21-35-32-14-8-7-13-31(29)32)36-34(40)24-37-18-16-27(17-19-37)26-10-4-3-5-11-26/h6-9,12-15,21,26-27,30,35H,3-5,10-11,16-20,22-24H2,1-2H3,(H,36,40). The summed E-state index contributed by atoms with van der Waals surface area (Å²) in [5.41, 5.74) is 3.16. The molecule has 5 rings (SSSR count). The van der Waals surface area contributed by atoms with Gasteiger partial charge in [0.1, 0.15) is 5.75 Å². The number of rotatable bonds is 11. The minimum absolute atomic E-state index is 0.0288. The Balaban J connectivity index is 1.25. The first-order valence-corrected chi connectivity index (χ1v) is 15.4. The van der Waals surface area contributed by atoms with Crippen molar-refractivity contribution in [1.82, 2.24) is 20.1 Å². The quantitative estimate of drug-likeness (QED) is 0.324. The van der Waals surface area contributed by atoms with Gasteiger partial charge in [-0.15, -0.1) is 0 Å². The molecule has 2 amide bonds. The van der Waals surface area contributed by atoms with Gasteiger partial charge >= 0.3 is 0 Å². The number of carbonyl (C=O) groups excluding carboxylic acids is 2. The number of ether oxygens (including phenoxy) is 1. The van der Waals surface area contributed by atoms with Crippen molar-refractivity contribution in [2.45, 2.75) is 70.9 Å². The molecular weight excluding hydrogens is 512 g/mol. The largest absolute Gasteiger partial charge is 0.496 e. The Kier molecular flexibility index (Phi) is 9.99. The zero-order valence-corrected chi connectivity index (χ0v) is 24.7. The summed E-state index contributed by atoms with van der Waals surface area (Å²) in [6, 6.07) is 15.8. The van der Waals surface area contributed by atoms with E-state index in [0.717, 1.165) is 52.7 Å². The number of methoxy groups -OCH3 is 1. The lowest BCUT2D eigenvalue weighted by Crippen LogP contribution is -2.50. The minimum atomic E-state index is -0.222. The molecule has 1 aliphatic heterocycles. The van der Waals surface area contributed by atoms with Crippen LogP contribution in [0.3, 0.4) is 0 Å². The van der Waals surface area contributed by atoms with E-state index in [-0.39, 0.29) is 17.9 Å². The maximum absolute atomic E-state index is 13.4. The number of aromatic amines is 1. The minimum Gasteiger partial charge on any atom is -0.496 e. The van der Waals surface area contributed by atoms with Crippen LogP contribution < -0.4 is 10.1 Å². The van der Waals surface area contributed by atoms with Crippen LogP contribution in [0.1, 0.15) is 63.0 Å². The number of likely N-dealkylation sites (tertiary alicyclic amines) is 1. The maximum Gasteiger partial charge on any atom is 0.234 e. The molecule has 7 nitrogen and oxygen atoms in total. The summed E-state index contributed by atoms with van der Waals surface area (Å²) in [4.78, 5) is 33.7. The fourth-order valence-electron chi connectivity index (χ4n) is 7.00. The Morgan fingerprint density at radius 3 is 2.44 bits per heavy atom. The molecule has 220 valence electrons. The highest BCUT2D eigenvalue weighted by Crippen LogP contribution is 2.35. The number of piperidine rings is 1. The van der Waals surface area contributed by atoms with Crippen LogP contribution in [0.5, 0.6) is 5.75 Å². The molecule has 2 fully saturated rings. The van der Waals surface area contributed by atoms with Crippen LogP contribution in [0, 0.1) is 11.8 Å². The van der Waals surface area contributed by atoms with Gasteiger partial charge in [0.25, 0.3) is 0 Å². The predicted octanol–water partition coefficient (Wildman–Crippen LogP) is 5.54. The topological polar surface area (TPSA) is 77.7 Å². The SMILES string of the molecule is COc1ccccc1CN(CC(Cc1c[nH]c2ccccc12)NC(=O)CN1CCC(C2CCCCC2)CC1)C(C)=O. The Labute approximate surface area is 244 Å². The number of hydrogen-bond donors (Lipinski definition) is 2. The molecule has 0 spiro atoms. The van der Waals surface area contributed by atoms with Crippen LogP contribution in [0.25, 0.3) is 10.9 Å². The summed E-state index contributed by atoms with van der Waals surface area (Å²) in [5.74, 6) is 2.47. The van der Waals surface area contributed by atoms with Crippen LogP contribution in [0.2, 0.25) is 0 Å². The van der Waals surface area contributed by atoms with Crippen molar-refractivity contribution in [3.05, 3.63) is 65.9 Å². The van der Waals surface area contributed by atoms with Crippen LogP contribution in [0.15, 0.2) is 54.7 Å². The lowest BCUT2D eigenvalue weighted by molar-refractivity contribution is -0.131. The van der Waals surface area contributed by atoms with Crippen LogP contribution in [-0.4, -0.2) is 65.9 Å².